The molecule has 1 rings (SSSR count). The second kappa shape index (κ2) is 7.37. The van der Waals surface area contributed by atoms with Crippen molar-refractivity contribution < 1.29 is 19.1 Å². The summed E-state index contributed by atoms with van der Waals surface area (Å²) in [4.78, 5) is 24.4. The van der Waals surface area contributed by atoms with Gasteiger partial charge in [-0.25, -0.2) is 0 Å². The Balaban J connectivity index is 2.20. The first kappa shape index (κ1) is 14.1. The van der Waals surface area contributed by atoms with E-state index in [4.69, 9.17) is 9.47 Å². The Hall–Kier alpha value is -0.980. The number of methoxy groups -OCH3 is 1. The standard InChI is InChI=1S/C11H20N2O4/c1-9-11(15)13(10(14)8-12-9)4-7-17-6-3-5-16-2/h9,12H,3-8H2,1-2H3. The maximum atomic E-state index is 11.7. The highest BCUT2D eigenvalue weighted by molar-refractivity contribution is 6.00. The normalized spacial score (nSPS) is 21.1. The predicted molar refractivity (Wildman–Crippen MR) is 61.5 cm³/mol. The van der Waals surface area contributed by atoms with Crippen LogP contribution in [-0.4, -0.2) is 62.8 Å². The molecule has 1 atom stereocenters. The highest BCUT2D eigenvalue weighted by Gasteiger charge is 2.30. The van der Waals surface area contributed by atoms with Crippen molar-refractivity contribution in [1.82, 2.24) is 10.2 Å². The Labute approximate surface area is 101 Å². The van der Waals surface area contributed by atoms with Gasteiger partial charge in [-0.15, -0.1) is 0 Å². The molecular formula is C11H20N2O4. The van der Waals surface area contributed by atoms with Gasteiger partial charge in [0.15, 0.2) is 0 Å². The summed E-state index contributed by atoms with van der Waals surface area (Å²) in [7, 11) is 1.64. The molecule has 0 aromatic heterocycles. The number of rotatable bonds is 7. The molecule has 0 saturated carbocycles. The summed E-state index contributed by atoms with van der Waals surface area (Å²) < 4.78 is 10.2. The summed E-state index contributed by atoms with van der Waals surface area (Å²) in [6.07, 6.45) is 0.816. The Morgan fingerprint density at radius 3 is 2.82 bits per heavy atom. The second-order valence-electron chi connectivity index (χ2n) is 3.94. The number of carbonyl (C=O) groups excluding carboxylic acids is 2. The van der Waals surface area contributed by atoms with Crippen LogP contribution >= 0.6 is 0 Å². The summed E-state index contributed by atoms with van der Waals surface area (Å²) in [6.45, 7) is 3.92. The third kappa shape index (κ3) is 4.41. The average Bonchev–Trinajstić information content (AvgIpc) is 2.32. The minimum atomic E-state index is -0.291. The monoisotopic (exact) mass is 244 g/mol. The third-order valence-electron chi connectivity index (χ3n) is 2.59. The van der Waals surface area contributed by atoms with E-state index < -0.39 is 0 Å². The summed E-state index contributed by atoms with van der Waals surface area (Å²) >= 11 is 0. The fourth-order valence-corrected chi connectivity index (χ4v) is 1.58. The van der Waals surface area contributed by atoms with Gasteiger partial charge in [-0.3, -0.25) is 19.8 Å². The van der Waals surface area contributed by atoms with Crippen molar-refractivity contribution >= 4 is 11.8 Å². The maximum Gasteiger partial charge on any atom is 0.246 e. The van der Waals surface area contributed by atoms with Crippen LogP contribution in [0.4, 0.5) is 0 Å². The van der Waals surface area contributed by atoms with E-state index in [0.717, 1.165) is 6.42 Å². The molecular weight excluding hydrogens is 224 g/mol. The van der Waals surface area contributed by atoms with Crippen LogP contribution in [0, 0.1) is 0 Å². The summed E-state index contributed by atoms with van der Waals surface area (Å²) in [5.74, 6) is -0.365. The third-order valence-corrected chi connectivity index (χ3v) is 2.59. The second-order valence-corrected chi connectivity index (χ2v) is 3.94. The Bertz CT molecular complexity index is 270. The maximum absolute atomic E-state index is 11.7. The number of imide groups is 1. The molecule has 1 N–H and O–H groups in total. The van der Waals surface area contributed by atoms with Crippen molar-refractivity contribution in [2.45, 2.75) is 19.4 Å². The SMILES string of the molecule is COCCCOCCN1C(=O)CNC(C)C1=O. The molecule has 98 valence electrons. The summed E-state index contributed by atoms with van der Waals surface area (Å²) in [5.41, 5.74) is 0. The van der Waals surface area contributed by atoms with Gasteiger partial charge in [0.25, 0.3) is 0 Å². The highest BCUT2D eigenvalue weighted by atomic mass is 16.5. The number of nitrogens with zero attached hydrogens (tertiary/aromatic N) is 1. The minimum absolute atomic E-state index is 0.179. The van der Waals surface area contributed by atoms with E-state index >= 15 is 0 Å². The van der Waals surface area contributed by atoms with Crippen LogP contribution < -0.4 is 5.32 Å². The molecule has 1 aliphatic heterocycles. The van der Waals surface area contributed by atoms with Crippen molar-refractivity contribution in [2.75, 3.05) is 40.0 Å². The molecule has 6 heteroatoms. The Kier molecular flexibility index (Phi) is 6.10. The van der Waals surface area contributed by atoms with E-state index in [1.54, 1.807) is 14.0 Å². The minimum Gasteiger partial charge on any atom is -0.385 e. The molecule has 1 unspecified atom stereocenters. The molecule has 1 saturated heterocycles. The van der Waals surface area contributed by atoms with Crippen molar-refractivity contribution in [1.29, 1.82) is 0 Å². The lowest BCUT2D eigenvalue weighted by atomic mass is 10.2. The predicted octanol–water partition coefficient (Wildman–Crippen LogP) is -0.614. The van der Waals surface area contributed by atoms with Gasteiger partial charge in [0.2, 0.25) is 11.8 Å². The molecule has 1 fully saturated rings. The zero-order valence-electron chi connectivity index (χ0n) is 10.4. The van der Waals surface area contributed by atoms with Crippen molar-refractivity contribution in [3.05, 3.63) is 0 Å². The van der Waals surface area contributed by atoms with E-state index in [9.17, 15) is 9.59 Å². The van der Waals surface area contributed by atoms with Gasteiger partial charge < -0.3 is 9.47 Å². The van der Waals surface area contributed by atoms with E-state index in [0.29, 0.717) is 26.4 Å². The van der Waals surface area contributed by atoms with E-state index in [1.807, 2.05) is 0 Å². The number of nitrogens with one attached hydrogen (secondary N) is 1. The van der Waals surface area contributed by atoms with Crippen molar-refractivity contribution in [2.24, 2.45) is 0 Å². The van der Waals surface area contributed by atoms with Crippen LogP contribution in [-0.2, 0) is 19.1 Å². The van der Waals surface area contributed by atoms with E-state index in [1.165, 1.54) is 4.90 Å². The first-order valence-corrected chi connectivity index (χ1v) is 5.81. The number of hydrogen-bond donors (Lipinski definition) is 1. The fourth-order valence-electron chi connectivity index (χ4n) is 1.58. The van der Waals surface area contributed by atoms with E-state index in [-0.39, 0.29) is 24.4 Å². The molecule has 0 aliphatic carbocycles. The van der Waals surface area contributed by atoms with Crippen LogP contribution in [0.3, 0.4) is 0 Å². The van der Waals surface area contributed by atoms with Gasteiger partial charge in [-0.2, -0.15) is 0 Å². The lowest BCUT2D eigenvalue weighted by Crippen LogP contribution is -2.57. The van der Waals surface area contributed by atoms with Gasteiger partial charge in [-0.1, -0.05) is 0 Å². The topological polar surface area (TPSA) is 67.9 Å². The fraction of sp³-hybridized carbons (Fsp3) is 0.818. The quantitative estimate of drug-likeness (QED) is 0.478. The van der Waals surface area contributed by atoms with Crippen LogP contribution in [0.2, 0.25) is 0 Å². The highest BCUT2D eigenvalue weighted by Crippen LogP contribution is 2.02. The molecule has 0 aromatic carbocycles. The molecule has 2 amide bonds. The van der Waals surface area contributed by atoms with Gasteiger partial charge >= 0.3 is 0 Å². The van der Waals surface area contributed by atoms with Gasteiger partial charge in [0, 0.05) is 20.3 Å². The van der Waals surface area contributed by atoms with Crippen LogP contribution in [0.15, 0.2) is 0 Å². The Morgan fingerprint density at radius 2 is 2.12 bits per heavy atom. The smallest absolute Gasteiger partial charge is 0.246 e. The lowest BCUT2D eigenvalue weighted by molar-refractivity contribution is -0.149. The zero-order chi connectivity index (χ0) is 12.7. The number of amides is 2. The summed E-state index contributed by atoms with van der Waals surface area (Å²) in [5, 5.41) is 2.83. The molecule has 0 aromatic rings. The van der Waals surface area contributed by atoms with Gasteiger partial charge in [0.05, 0.1) is 25.7 Å². The van der Waals surface area contributed by atoms with E-state index in [2.05, 4.69) is 5.32 Å². The number of piperazine rings is 1. The molecule has 6 nitrogen and oxygen atoms in total. The Morgan fingerprint density at radius 1 is 1.35 bits per heavy atom. The molecule has 0 bridgehead atoms. The molecule has 17 heavy (non-hydrogen) atoms. The molecule has 0 spiro atoms. The first-order valence-electron chi connectivity index (χ1n) is 5.81. The zero-order valence-corrected chi connectivity index (χ0v) is 10.4. The average molecular weight is 244 g/mol. The number of hydrogen-bond acceptors (Lipinski definition) is 5. The van der Waals surface area contributed by atoms with Crippen molar-refractivity contribution in [3.8, 4) is 0 Å². The lowest BCUT2D eigenvalue weighted by Gasteiger charge is -2.29. The van der Waals surface area contributed by atoms with Gasteiger partial charge in [0.1, 0.15) is 0 Å². The van der Waals surface area contributed by atoms with Gasteiger partial charge in [-0.05, 0) is 13.3 Å². The van der Waals surface area contributed by atoms with Crippen LogP contribution in [0.25, 0.3) is 0 Å². The van der Waals surface area contributed by atoms with Crippen LogP contribution in [0.1, 0.15) is 13.3 Å². The number of carbonyl (C=O) groups is 2. The molecule has 1 aliphatic rings. The molecule has 0 radical (unpaired) electrons. The van der Waals surface area contributed by atoms with Crippen LogP contribution in [0.5, 0.6) is 0 Å². The summed E-state index contributed by atoms with van der Waals surface area (Å²) in [6, 6.07) is -0.291. The number of ether oxygens (including phenoxy) is 2. The van der Waals surface area contributed by atoms with Crippen molar-refractivity contribution in [3.63, 3.8) is 0 Å². The molecule has 1 heterocycles. The largest absolute Gasteiger partial charge is 0.385 e. The first-order chi connectivity index (χ1) is 8.16.